The van der Waals surface area contributed by atoms with E-state index in [9.17, 15) is 19.2 Å². The van der Waals surface area contributed by atoms with Crippen LogP contribution in [0.3, 0.4) is 0 Å². The summed E-state index contributed by atoms with van der Waals surface area (Å²) in [7, 11) is 0. The van der Waals surface area contributed by atoms with Crippen molar-refractivity contribution in [3.05, 3.63) is 23.8 Å². The van der Waals surface area contributed by atoms with Crippen LogP contribution in [0, 0.1) is 16.2 Å². The lowest BCUT2D eigenvalue weighted by Gasteiger charge is -2.22. The van der Waals surface area contributed by atoms with E-state index >= 15 is 0 Å². The Hall–Kier alpha value is -2.94. The van der Waals surface area contributed by atoms with Crippen molar-refractivity contribution in [1.82, 2.24) is 0 Å². The van der Waals surface area contributed by atoms with Gasteiger partial charge in [-0.2, -0.15) is 0 Å². The molecule has 36 heavy (non-hydrogen) atoms. The van der Waals surface area contributed by atoms with Crippen LogP contribution in [0.5, 0.6) is 11.5 Å². The van der Waals surface area contributed by atoms with Crippen LogP contribution in [0.15, 0.2) is 18.2 Å². The number of hydrogen-bond donors (Lipinski definition) is 1. The molecule has 1 aromatic carbocycles. The Kier molecular flexibility index (Phi) is 10.2. The van der Waals surface area contributed by atoms with Crippen LogP contribution in [0.1, 0.15) is 74.8 Å². The van der Waals surface area contributed by atoms with Gasteiger partial charge in [-0.25, -0.2) is 0 Å². The maximum atomic E-state index is 12.5. The Bertz CT molecular complexity index is 963. The largest absolute Gasteiger partial charge is 0.461 e. The van der Waals surface area contributed by atoms with E-state index in [1.165, 1.54) is 12.1 Å². The third kappa shape index (κ3) is 9.97. The normalized spacial score (nSPS) is 13.9. The molecule has 0 heterocycles. The number of nitrogens with two attached hydrogens (primary N) is 1. The number of benzene rings is 1. The van der Waals surface area contributed by atoms with E-state index in [1.807, 2.05) is 0 Å². The van der Waals surface area contributed by atoms with E-state index in [-0.39, 0.29) is 24.5 Å². The molecule has 0 saturated heterocycles. The zero-order chi connectivity index (χ0) is 28.1. The van der Waals surface area contributed by atoms with Gasteiger partial charge in [0.15, 0.2) is 11.5 Å². The maximum Gasteiger partial charge on any atom is 0.323 e. The molecular formula is C27H41NO8. The van der Waals surface area contributed by atoms with E-state index in [0.29, 0.717) is 5.56 Å². The molecule has 9 heteroatoms. The van der Waals surface area contributed by atoms with Crippen molar-refractivity contribution in [1.29, 1.82) is 0 Å². The molecule has 0 aromatic heterocycles. The topological polar surface area (TPSA) is 131 Å². The van der Waals surface area contributed by atoms with Gasteiger partial charge in [-0.1, -0.05) is 6.07 Å². The summed E-state index contributed by atoms with van der Waals surface area (Å²) in [5.74, 6) is -1.96. The predicted octanol–water partition coefficient (Wildman–Crippen LogP) is 3.98. The molecule has 0 unspecified atom stereocenters. The number of carbonyl (C=O) groups is 4. The summed E-state index contributed by atoms with van der Waals surface area (Å²) in [4.78, 5) is 49.3. The van der Waals surface area contributed by atoms with Gasteiger partial charge in [0.25, 0.3) is 0 Å². The Labute approximate surface area is 214 Å². The van der Waals surface area contributed by atoms with E-state index in [2.05, 4.69) is 0 Å². The zero-order valence-electron chi connectivity index (χ0n) is 23.1. The van der Waals surface area contributed by atoms with Crippen LogP contribution in [0.4, 0.5) is 0 Å². The molecule has 0 aliphatic rings. The van der Waals surface area contributed by atoms with Crippen LogP contribution in [0.2, 0.25) is 0 Å². The van der Waals surface area contributed by atoms with Crippen LogP contribution in [0.25, 0.3) is 0 Å². The maximum absolute atomic E-state index is 12.5. The van der Waals surface area contributed by atoms with Crippen molar-refractivity contribution in [2.45, 2.75) is 87.8 Å². The van der Waals surface area contributed by atoms with Crippen molar-refractivity contribution >= 4 is 23.9 Å². The molecule has 0 aliphatic carbocycles. The van der Waals surface area contributed by atoms with Gasteiger partial charge in [-0.05, 0) is 93.4 Å². The van der Waals surface area contributed by atoms with Crippen LogP contribution >= 0.6 is 0 Å². The third-order valence-corrected chi connectivity index (χ3v) is 4.78. The highest BCUT2D eigenvalue weighted by Gasteiger charge is 2.29. The molecule has 0 radical (unpaired) electrons. The first-order valence-corrected chi connectivity index (χ1v) is 11.9. The molecule has 202 valence electrons. The minimum atomic E-state index is -1.02. The molecule has 2 N–H and O–H groups in total. The fourth-order valence-electron chi connectivity index (χ4n) is 2.39. The van der Waals surface area contributed by atoms with Gasteiger partial charge in [0.05, 0.1) is 16.2 Å². The SMILES string of the molecule is C[C@@H](COC(=O)[C@@H](N)Cc1ccc(OC(=O)C(C)(C)C)c(OC(=O)C(C)(C)C)c1)OC(=O)C(C)(C)C. The standard InChI is InChI=1S/C27H41NO8/c1-16(34-22(30)25(2,3)4)15-33-21(29)18(28)13-17-11-12-19(35-23(31)26(5,6)7)20(14-17)36-24(32)27(8,9)10/h11-12,14,16,18H,13,15,28H2,1-10H3/t16-,18-/m0/s1. The lowest BCUT2D eigenvalue weighted by molar-refractivity contribution is -0.165. The van der Waals surface area contributed by atoms with Gasteiger partial charge in [0.2, 0.25) is 0 Å². The summed E-state index contributed by atoms with van der Waals surface area (Å²) in [6, 6.07) is 3.61. The number of carbonyl (C=O) groups excluding carboxylic acids is 4. The highest BCUT2D eigenvalue weighted by molar-refractivity contribution is 5.81. The molecule has 1 rings (SSSR count). The van der Waals surface area contributed by atoms with Gasteiger partial charge < -0.3 is 24.7 Å². The fourth-order valence-corrected chi connectivity index (χ4v) is 2.39. The van der Waals surface area contributed by atoms with E-state index in [0.717, 1.165) is 0 Å². The molecule has 2 atom stereocenters. The zero-order valence-corrected chi connectivity index (χ0v) is 23.1. The van der Waals surface area contributed by atoms with E-state index in [1.54, 1.807) is 75.3 Å². The molecule has 0 bridgehead atoms. The van der Waals surface area contributed by atoms with Crippen molar-refractivity contribution < 1.29 is 38.1 Å². The van der Waals surface area contributed by atoms with Crippen LogP contribution < -0.4 is 15.2 Å². The lowest BCUT2D eigenvalue weighted by atomic mass is 9.97. The molecule has 0 saturated carbocycles. The first kappa shape index (κ1) is 31.1. The Morgan fingerprint density at radius 2 is 1.25 bits per heavy atom. The summed E-state index contributed by atoms with van der Waals surface area (Å²) in [5.41, 5.74) is 4.36. The second-order valence-corrected chi connectivity index (χ2v) is 12.0. The lowest BCUT2D eigenvalue weighted by Crippen LogP contribution is -2.37. The Morgan fingerprint density at radius 3 is 1.72 bits per heavy atom. The third-order valence-electron chi connectivity index (χ3n) is 4.78. The fraction of sp³-hybridized carbons (Fsp3) is 0.630. The first-order valence-electron chi connectivity index (χ1n) is 11.9. The smallest absolute Gasteiger partial charge is 0.323 e. The highest BCUT2D eigenvalue weighted by atomic mass is 16.6. The quantitative estimate of drug-likeness (QED) is 0.410. The second-order valence-electron chi connectivity index (χ2n) is 12.0. The molecule has 0 amide bonds. The molecule has 0 spiro atoms. The van der Waals surface area contributed by atoms with Crippen molar-refractivity contribution in [3.63, 3.8) is 0 Å². The molecule has 1 aromatic rings. The average molecular weight is 508 g/mol. The van der Waals surface area contributed by atoms with Gasteiger partial charge in [-0.15, -0.1) is 0 Å². The molecule has 9 nitrogen and oxygen atoms in total. The monoisotopic (exact) mass is 507 g/mol. The second kappa shape index (κ2) is 11.9. The molecule has 0 fully saturated rings. The minimum absolute atomic E-state index is 0.0494. The average Bonchev–Trinajstić information content (AvgIpc) is 2.71. The first-order chi connectivity index (χ1) is 16.2. The van der Waals surface area contributed by atoms with Crippen molar-refractivity contribution in [3.8, 4) is 11.5 Å². The minimum Gasteiger partial charge on any atom is -0.461 e. The molecule has 0 aliphatic heterocycles. The number of hydrogen-bond acceptors (Lipinski definition) is 9. The number of rotatable bonds is 8. The summed E-state index contributed by atoms with van der Waals surface area (Å²) in [5, 5.41) is 0. The Balaban J connectivity index is 2.96. The van der Waals surface area contributed by atoms with Crippen molar-refractivity contribution in [2.24, 2.45) is 22.0 Å². The van der Waals surface area contributed by atoms with E-state index < -0.39 is 52.3 Å². The van der Waals surface area contributed by atoms with Crippen molar-refractivity contribution in [2.75, 3.05) is 6.61 Å². The summed E-state index contributed by atoms with van der Waals surface area (Å²) in [6.07, 6.45) is -0.559. The van der Waals surface area contributed by atoms with E-state index in [4.69, 9.17) is 24.7 Å². The summed E-state index contributed by atoms with van der Waals surface area (Å²) < 4.78 is 21.5. The predicted molar refractivity (Wildman–Crippen MR) is 134 cm³/mol. The summed E-state index contributed by atoms with van der Waals surface area (Å²) >= 11 is 0. The summed E-state index contributed by atoms with van der Waals surface area (Å²) in [6.45, 7) is 16.9. The van der Waals surface area contributed by atoms with Gasteiger partial charge >= 0.3 is 23.9 Å². The Morgan fingerprint density at radius 1 is 0.778 bits per heavy atom. The van der Waals surface area contributed by atoms with Gasteiger partial charge in [-0.3, -0.25) is 19.2 Å². The number of ether oxygens (including phenoxy) is 4. The number of esters is 4. The van der Waals surface area contributed by atoms with Crippen LogP contribution in [-0.4, -0.2) is 42.6 Å². The van der Waals surface area contributed by atoms with Crippen LogP contribution in [-0.2, 0) is 35.1 Å². The molecular weight excluding hydrogens is 466 g/mol. The van der Waals surface area contributed by atoms with Gasteiger partial charge in [0, 0.05) is 0 Å². The highest BCUT2D eigenvalue weighted by Crippen LogP contribution is 2.33. The van der Waals surface area contributed by atoms with Gasteiger partial charge in [0.1, 0.15) is 18.8 Å².